The molecule has 9 heteroatoms. The second-order valence-corrected chi connectivity index (χ2v) is 8.47. The van der Waals surface area contributed by atoms with E-state index in [1.54, 1.807) is 56.3 Å². The largest absolute Gasteiger partial charge is 0.479 e. The molecule has 2 aromatic rings. The second-order valence-electron chi connectivity index (χ2n) is 6.56. The van der Waals surface area contributed by atoms with Crippen LogP contribution in [-0.2, 0) is 19.6 Å². The first-order valence-electron chi connectivity index (χ1n) is 8.60. The molecule has 0 unspecified atom stereocenters. The van der Waals surface area contributed by atoms with Gasteiger partial charge in [-0.25, -0.2) is 8.42 Å². The second kappa shape index (κ2) is 7.51. The number of para-hydroxylation sites is 1. The molecule has 1 aliphatic heterocycles. The highest BCUT2D eigenvalue weighted by Gasteiger charge is 2.25. The first kappa shape index (κ1) is 19.7. The van der Waals surface area contributed by atoms with E-state index in [2.05, 4.69) is 10.6 Å². The number of ether oxygens (including phenoxy) is 1. The minimum Gasteiger partial charge on any atom is -0.479 e. The molecule has 0 saturated carbocycles. The van der Waals surface area contributed by atoms with Crippen LogP contribution in [0.25, 0.3) is 0 Å². The molecule has 28 heavy (non-hydrogen) atoms. The highest BCUT2D eigenvalue weighted by atomic mass is 32.2. The van der Waals surface area contributed by atoms with Crippen molar-refractivity contribution in [2.75, 3.05) is 27.7 Å². The Kier molecular flexibility index (Phi) is 5.28. The van der Waals surface area contributed by atoms with Crippen molar-refractivity contribution in [1.82, 2.24) is 0 Å². The van der Waals surface area contributed by atoms with Crippen molar-refractivity contribution in [3.63, 3.8) is 0 Å². The molecule has 148 valence electrons. The third-order valence-corrected chi connectivity index (χ3v) is 5.39. The number of rotatable bonds is 5. The van der Waals surface area contributed by atoms with Crippen LogP contribution in [0.3, 0.4) is 0 Å². The number of hydrogen-bond donors (Lipinski definition) is 2. The lowest BCUT2D eigenvalue weighted by atomic mass is 10.2. The summed E-state index contributed by atoms with van der Waals surface area (Å²) in [7, 11) is -3.66. The van der Waals surface area contributed by atoms with Crippen molar-refractivity contribution in [2.45, 2.75) is 20.0 Å². The Morgan fingerprint density at radius 2 is 1.96 bits per heavy atom. The molecule has 3 rings (SSSR count). The molecular formula is C19H21N3O5S. The van der Waals surface area contributed by atoms with Crippen LogP contribution in [0.2, 0.25) is 0 Å². The van der Waals surface area contributed by atoms with Crippen LogP contribution in [0.5, 0.6) is 5.75 Å². The molecule has 1 atom stereocenters. The standard InChI is InChI=1S/C19H21N3O5S/c1-12-6-4-5-7-16(12)22(28(3,25)26)11-18(23)20-14-8-9-17-15(10-14)21-19(24)13(2)27-17/h4-10,13H,11H2,1-3H3,(H,20,23)(H,21,24)/t13-/m1/s1. The summed E-state index contributed by atoms with van der Waals surface area (Å²) in [6, 6.07) is 11.8. The summed E-state index contributed by atoms with van der Waals surface area (Å²) >= 11 is 0. The molecule has 2 aromatic carbocycles. The minimum absolute atomic E-state index is 0.279. The van der Waals surface area contributed by atoms with Crippen molar-refractivity contribution in [3.8, 4) is 5.75 Å². The summed E-state index contributed by atoms with van der Waals surface area (Å²) in [4.78, 5) is 24.2. The van der Waals surface area contributed by atoms with Crippen LogP contribution in [0.15, 0.2) is 42.5 Å². The summed E-state index contributed by atoms with van der Waals surface area (Å²) < 4.78 is 31.0. The van der Waals surface area contributed by atoms with Crippen molar-refractivity contribution >= 4 is 38.9 Å². The number of sulfonamides is 1. The minimum atomic E-state index is -3.66. The summed E-state index contributed by atoms with van der Waals surface area (Å²) in [6.07, 6.45) is 0.463. The van der Waals surface area contributed by atoms with E-state index in [1.165, 1.54) is 0 Å². The Hall–Kier alpha value is -3.07. The Bertz CT molecular complexity index is 1040. The van der Waals surface area contributed by atoms with Gasteiger partial charge >= 0.3 is 0 Å². The van der Waals surface area contributed by atoms with Crippen LogP contribution >= 0.6 is 0 Å². The smallest absolute Gasteiger partial charge is 0.265 e. The van der Waals surface area contributed by atoms with E-state index in [9.17, 15) is 18.0 Å². The highest BCUT2D eigenvalue weighted by Crippen LogP contribution is 2.32. The van der Waals surface area contributed by atoms with E-state index < -0.39 is 22.0 Å². The maximum atomic E-state index is 12.5. The molecule has 0 bridgehead atoms. The van der Waals surface area contributed by atoms with Gasteiger partial charge in [-0.2, -0.15) is 0 Å². The first-order valence-corrected chi connectivity index (χ1v) is 10.4. The molecule has 1 heterocycles. The van der Waals surface area contributed by atoms with Crippen molar-refractivity contribution < 1.29 is 22.7 Å². The third-order valence-electron chi connectivity index (χ3n) is 4.27. The number of benzene rings is 2. The van der Waals surface area contributed by atoms with E-state index >= 15 is 0 Å². The van der Waals surface area contributed by atoms with Crippen molar-refractivity contribution in [2.24, 2.45) is 0 Å². The van der Waals surface area contributed by atoms with E-state index in [0.717, 1.165) is 16.1 Å². The summed E-state index contributed by atoms with van der Waals surface area (Å²) in [5, 5.41) is 5.36. The molecule has 0 spiro atoms. The van der Waals surface area contributed by atoms with Crippen LogP contribution in [0.1, 0.15) is 12.5 Å². The molecule has 8 nitrogen and oxygen atoms in total. The Morgan fingerprint density at radius 1 is 1.25 bits per heavy atom. The summed E-state index contributed by atoms with van der Waals surface area (Å²) in [5.41, 5.74) is 2.05. The lowest BCUT2D eigenvalue weighted by Gasteiger charge is -2.25. The first-order chi connectivity index (χ1) is 13.1. The van der Waals surface area contributed by atoms with Crippen LogP contribution in [0, 0.1) is 6.92 Å². The summed E-state index contributed by atoms with van der Waals surface area (Å²) in [6.45, 7) is 3.04. The monoisotopic (exact) mass is 403 g/mol. The molecule has 0 saturated heterocycles. The van der Waals surface area contributed by atoms with Gasteiger partial charge < -0.3 is 15.4 Å². The van der Waals surface area contributed by atoms with Crippen LogP contribution in [-0.4, -0.2) is 39.1 Å². The fraction of sp³-hybridized carbons (Fsp3) is 0.263. The van der Waals surface area contributed by atoms with E-state index in [-0.39, 0.29) is 12.5 Å². The zero-order valence-corrected chi connectivity index (χ0v) is 16.5. The number of anilines is 3. The topological polar surface area (TPSA) is 105 Å². The number of nitrogens with zero attached hydrogens (tertiary/aromatic N) is 1. The van der Waals surface area contributed by atoms with E-state index in [4.69, 9.17) is 4.74 Å². The SMILES string of the molecule is Cc1ccccc1N(CC(=O)Nc1ccc2c(c1)NC(=O)[C@@H](C)O2)S(C)(=O)=O. The highest BCUT2D eigenvalue weighted by molar-refractivity contribution is 7.92. The van der Waals surface area contributed by atoms with E-state index in [0.29, 0.717) is 22.8 Å². The molecule has 2 N–H and O–H groups in total. The fourth-order valence-electron chi connectivity index (χ4n) is 2.84. The molecule has 0 fully saturated rings. The van der Waals surface area contributed by atoms with Gasteiger partial charge in [0.15, 0.2) is 6.10 Å². The lowest BCUT2D eigenvalue weighted by molar-refractivity contribution is -0.122. The number of hydrogen-bond acceptors (Lipinski definition) is 5. The van der Waals surface area contributed by atoms with Gasteiger partial charge in [-0.05, 0) is 43.7 Å². The predicted molar refractivity (Wildman–Crippen MR) is 107 cm³/mol. The number of carbonyl (C=O) groups is 2. The van der Waals surface area contributed by atoms with Gasteiger partial charge in [0, 0.05) is 5.69 Å². The molecular weight excluding hydrogens is 382 g/mol. The molecule has 2 amide bonds. The average molecular weight is 403 g/mol. The Labute approximate surface area is 163 Å². The number of fused-ring (bicyclic) bond motifs is 1. The molecule has 1 aliphatic rings. The molecule has 0 aliphatic carbocycles. The third kappa shape index (κ3) is 4.25. The Morgan fingerprint density at radius 3 is 2.64 bits per heavy atom. The normalized spacial score (nSPS) is 15.8. The van der Waals surface area contributed by atoms with Crippen LogP contribution < -0.4 is 19.7 Å². The van der Waals surface area contributed by atoms with Gasteiger partial charge in [0.2, 0.25) is 15.9 Å². The Balaban J connectivity index is 1.78. The number of amides is 2. The number of nitrogens with one attached hydrogen (secondary N) is 2. The molecule has 0 radical (unpaired) electrons. The van der Waals surface area contributed by atoms with Crippen molar-refractivity contribution in [1.29, 1.82) is 0 Å². The fourth-order valence-corrected chi connectivity index (χ4v) is 3.76. The maximum absolute atomic E-state index is 12.5. The van der Waals surface area contributed by atoms with Gasteiger partial charge in [-0.3, -0.25) is 13.9 Å². The summed E-state index contributed by atoms with van der Waals surface area (Å²) in [5.74, 6) is -0.286. The predicted octanol–water partition coefficient (Wildman–Crippen LogP) is 2.12. The molecule has 0 aromatic heterocycles. The number of aryl methyl sites for hydroxylation is 1. The van der Waals surface area contributed by atoms with Crippen LogP contribution in [0.4, 0.5) is 17.1 Å². The van der Waals surface area contributed by atoms with Gasteiger partial charge in [-0.1, -0.05) is 18.2 Å². The zero-order valence-electron chi connectivity index (χ0n) is 15.7. The van der Waals surface area contributed by atoms with Gasteiger partial charge in [-0.15, -0.1) is 0 Å². The zero-order chi connectivity index (χ0) is 20.5. The van der Waals surface area contributed by atoms with Gasteiger partial charge in [0.1, 0.15) is 12.3 Å². The van der Waals surface area contributed by atoms with Crippen molar-refractivity contribution in [3.05, 3.63) is 48.0 Å². The number of carbonyl (C=O) groups excluding carboxylic acids is 2. The van der Waals surface area contributed by atoms with E-state index in [1.807, 2.05) is 0 Å². The maximum Gasteiger partial charge on any atom is 0.265 e. The quantitative estimate of drug-likeness (QED) is 0.796. The lowest BCUT2D eigenvalue weighted by Crippen LogP contribution is -2.38. The average Bonchev–Trinajstić information content (AvgIpc) is 2.61. The van der Waals surface area contributed by atoms with Gasteiger partial charge in [0.05, 0.1) is 17.6 Å². The van der Waals surface area contributed by atoms with Gasteiger partial charge in [0.25, 0.3) is 5.91 Å².